The highest BCUT2D eigenvalue weighted by atomic mass is 35.5. The predicted octanol–water partition coefficient (Wildman–Crippen LogP) is 2.76. The third-order valence-electron chi connectivity index (χ3n) is 2.71. The first kappa shape index (κ1) is 14.9. The van der Waals surface area contributed by atoms with Gasteiger partial charge in [-0.05, 0) is 19.5 Å². The minimum atomic E-state index is 0.248. The van der Waals surface area contributed by atoms with Crippen molar-refractivity contribution >= 4 is 22.9 Å². The molecule has 3 nitrogen and oxygen atoms in total. The molecule has 98 valence electrons. The van der Waals surface area contributed by atoms with E-state index in [2.05, 4.69) is 11.8 Å². The number of hydrogen-bond donors (Lipinski definition) is 1. The van der Waals surface area contributed by atoms with Gasteiger partial charge in [0.05, 0.1) is 17.7 Å². The van der Waals surface area contributed by atoms with Crippen molar-refractivity contribution in [1.82, 2.24) is 4.90 Å². The molecule has 17 heavy (non-hydrogen) atoms. The molecule has 0 fully saturated rings. The summed E-state index contributed by atoms with van der Waals surface area (Å²) in [5, 5.41) is 2.75. The summed E-state index contributed by atoms with van der Waals surface area (Å²) in [5.41, 5.74) is 5.88. The number of nitrogens with zero attached hydrogens (tertiary/aromatic N) is 1. The Labute approximate surface area is 113 Å². The van der Waals surface area contributed by atoms with Gasteiger partial charge in [0.25, 0.3) is 0 Å². The molecule has 1 unspecified atom stereocenters. The van der Waals surface area contributed by atoms with Crippen LogP contribution in [0.3, 0.4) is 0 Å². The van der Waals surface area contributed by atoms with Gasteiger partial charge in [0.2, 0.25) is 0 Å². The van der Waals surface area contributed by atoms with Gasteiger partial charge in [-0.2, -0.15) is 0 Å². The first-order valence-electron chi connectivity index (χ1n) is 5.98. The van der Waals surface area contributed by atoms with Gasteiger partial charge in [0.1, 0.15) is 0 Å². The SMILES string of the molecule is CCOCCN(CC)C(CN)c1cc(Cl)cs1. The van der Waals surface area contributed by atoms with Crippen LogP contribution in [-0.2, 0) is 4.74 Å². The molecule has 1 rings (SSSR count). The topological polar surface area (TPSA) is 38.5 Å². The van der Waals surface area contributed by atoms with E-state index in [9.17, 15) is 0 Å². The largest absolute Gasteiger partial charge is 0.380 e. The third kappa shape index (κ3) is 4.56. The van der Waals surface area contributed by atoms with Crippen LogP contribution >= 0.6 is 22.9 Å². The Hall–Kier alpha value is -0.130. The number of rotatable bonds is 8. The van der Waals surface area contributed by atoms with Crippen LogP contribution < -0.4 is 5.73 Å². The Morgan fingerprint density at radius 1 is 1.53 bits per heavy atom. The number of nitrogens with two attached hydrogens (primary N) is 1. The predicted molar refractivity (Wildman–Crippen MR) is 74.9 cm³/mol. The lowest BCUT2D eigenvalue weighted by Crippen LogP contribution is -2.35. The Morgan fingerprint density at radius 3 is 2.76 bits per heavy atom. The Morgan fingerprint density at radius 2 is 2.29 bits per heavy atom. The lowest BCUT2D eigenvalue weighted by Gasteiger charge is -2.28. The van der Waals surface area contributed by atoms with E-state index in [0.29, 0.717) is 6.54 Å². The van der Waals surface area contributed by atoms with Crippen molar-refractivity contribution in [3.8, 4) is 0 Å². The zero-order valence-corrected chi connectivity index (χ0v) is 12.1. The second-order valence-corrected chi connectivity index (χ2v) is 5.12. The number of thiophene rings is 1. The summed E-state index contributed by atoms with van der Waals surface area (Å²) in [7, 11) is 0. The minimum Gasteiger partial charge on any atom is -0.380 e. The number of halogens is 1. The lowest BCUT2D eigenvalue weighted by molar-refractivity contribution is 0.0988. The minimum absolute atomic E-state index is 0.248. The molecular formula is C12H21ClN2OS. The average molecular weight is 277 g/mol. The van der Waals surface area contributed by atoms with E-state index in [0.717, 1.165) is 31.3 Å². The standard InChI is InChI=1S/C12H21ClN2OS/c1-3-15(5-6-16-4-2)11(8-14)12-7-10(13)9-17-12/h7,9,11H,3-6,8,14H2,1-2H3. The molecule has 1 aromatic rings. The van der Waals surface area contributed by atoms with E-state index < -0.39 is 0 Å². The van der Waals surface area contributed by atoms with Crippen LogP contribution in [0.15, 0.2) is 11.4 Å². The number of likely N-dealkylation sites (N-methyl/N-ethyl adjacent to an activating group) is 1. The van der Waals surface area contributed by atoms with Crippen molar-refractivity contribution in [2.45, 2.75) is 19.9 Å². The highest BCUT2D eigenvalue weighted by Crippen LogP contribution is 2.28. The fourth-order valence-electron chi connectivity index (χ4n) is 1.81. The van der Waals surface area contributed by atoms with Crippen LogP contribution in [0, 0.1) is 0 Å². The smallest absolute Gasteiger partial charge is 0.0593 e. The van der Waals surface area contributed by atoms with Crippen molar-refractivity contribution in [1.29, 1.82) is 0 Å². The molecule has 0 saturated heterocycles. The Bertz CT molecular complexity index is 319. The van der Waals surface area contributed by atoms with Crippen molar-refractivity contribution in [2.24, 2.45) is 5.73 Å². The monoisotopic (exact) mass is 276 g/mol. The maximum Gasteiger partial charge on any atom is 0.0593 e. The van der Waals surface area contributed by atoms with Gasteiger partial charge in [-0.25, -0.2) is 0 Å². The summed E-state index contributed by atoms with van der Waals surface area (Å²) in [6, 6.07) is 2.26. The molecule has 0 aliphatic heterocycles. The molecule has 0 amide bonds. The highest BCUT2D eigenvalue weighted by molar-refractivity contribution is 7.10. The fourth-order valence-corrected chi connectivity index (χ4v) is 3.04. The summed E-state index contributed by atoms with van der Waals surface area (Å²) in [5.74, 6) is 0. The molecule has 1 heterocycles. The van der Waals surface area contributed by atoms with Crippen molar-refractivity contribution in [2.75, 3.05) is 32.8 Å². The molecule has 0 spiro atoms. The van der Waals surface area contributed by atoms with Gasteiger partial charge >= 0.3 is 0 Å². The summed E-state index contributed by atoms with van der Waals surface area (Å²) in [4.78, 5) is 3.56. The van der Waals surface area contributed by atoms with Crippen molar-refractivity contribution in [3.63, 3.8) is 0 Å². The zero-order chi connectivity index (χ0) is 12.7. The van der Waals surface area contributed by atoms with Gasteiger partial charge in [0.15, 0.2) is 0 Å². The van der Waals surface area contributed by atoms with Gasteiger partial charge in [-0.3, -0.25) is 4.90 Å². The number of hydrogen-bond acceptors (Lipinski definition) is 4. The summed E-state index contributed by atoms with van der Waals surface area (Å²) in [6.07, 6.45) is 0. The second kappa shape index (κ2) is 8.06. The molecule has 0 saturated carbocycles. The van der Waals surface area contributed by atoms with Crippen LogP contribution in [0.5, 0.6) is 0 Å². The molecular weight excluding hydrogens is 256 g/mol. The van der Waals surface area contributed by atoms with E-state index in [-0.39, 0.29) is 6.04 Å². The molecule has 1 aromatic heterocycles. The van der Waals surface area contributed by atoms with Gasteiger partial charge < -0.3 is 10.5 Å². The van der Waals surface area contributed by atoms with Crippen molar-refractivity contribution in [3.05, 3.63) is 21.3 Å². The maximum absolute atomic E-state index is 5.96. The zero-order valence-electron chi connectivity index (χ0n) is 10.5. The van der Waals surface area contributed by atoms with Gasteiger partial charge in [-0.15, -0.1) is 11.3 Å². The fraction of sp³-hybridized carbons (Fsp3) is 0.667. The lowest BCUT2D eigenvalue weighted by atomic mass is 10.2. The van der Waals surface area contributed by atoms with Gasteiger partial charge in [-0.1, -0.05) is 18.5 Å². The van der Waals surface area contributed by atoms with Crippen molar-refractivity contribution < 1.29 is 4.74 Å². The Balaban J connectivity index is 2.62. The Kier molecular flexibility index (Phi) is 7.08. The van der Waals surface area contributed by atoms with E-state index in [1.807, 2.05) is 18.4 Å². The van der Waals surface area contributed by atoms with E-state index in [1.54, 1.807) is 11.3 Å². The van der Waals surface area contributed by atoms with Crippen LogP contribution in [0.2, 0.25) is 5.02 Å². The summed E-state index contributed by atoms with van der Waals surface area (Å²) in [6.45, 7) is 8.14. The molecule has 0 radical (unpaired) electrons. The van der Waals surface area contributed by atoms with E-state index in [1.165, 1.54) is 4.88 Å². The molecule has 0 bridgehead atoms. The molecule has 2 N–H and O–H groups in total. The summed E-state index contributed by atoms with van der Waals surface area (Å²) < 4.78 is 5.40. The van der Waals surface area contributed by atoms with Crippen LogP contribution in [0.25, 0.3) is 0 Å². The van der Waals surface area contributed by atoms with E-state index >= 15 is 0 Å². The molecule has 0 aliphatic rings. The average Bonchev–Trinajstić information content (AvgIpc) is 2.75. The van der Waals surface area contributed by atoms with Crippen LogP contribution in [0.4, 0.5) is 0 Å². The molecule has 0 aromatic carbocycles. The highest BCUT2D eigenvalue weighted by Gasteiger charge is 2.19. The first-order valence-corrected chi connectivity index (χ1v) is 7.24. The normalized spacial score (nSPS) is 13.2. The third-order valence-corrected chi connectivity index (χ3v) is 4.09. The molecule has 1 atom stereocenters. The van der Waals surface area contributed by atoms with Gasteiger partial charge in [0, 0.05) is 30.0 Å². The summed E-state index contributed by atoms with van der Waals surface area (Å²) >= 11 is 7.63. The molecule has 0 aliphatic carbocycles. The molecule has 5 heteroatoms. The maximum atomic E-state index is 5.96. The number of ether oxygens (including phenoxy) is 1. The van der Waals surface area contributed by atoms with Crippen LogP contribution in [0.1, 0.15) is 24.8 Å². The second-order valence-electron chi connectivity index (χ2n) is 3.74. The van der Waals surface area contributed by atoms with E-state index in [4.69, 9.17) is 22.1 Å². The first-order chi connectivity index (χ1) is 8.22. The quantitative estimate of drug-likeness (QED) is 0.742. The van der Waals surface area contributed by atoms with Crippen LogP contribution in [-0.4, -0.2) is 37.7 Å².